The molecule has 0 aliphatic rings. The van der Waals surface area contributed by atoms with Crippen LogP contribution in [0.1, 0.15) is 24.5 Å². The average molecular weight is 379 g/mol. The van der Waals surface area contributed by atoms with E-state index in [1.807, 2.05) is 7.05 Å². The van der Waals surface area contributed by atoms with E-state index in [4.69, 9.17) is 0 Å². The Morgan fingerprint density at radius 2 is 1.65 bits per heavy atom. The SMILES string of the molecule is CCC(CNC)(Cc1ccc(I)cc1)c1ccccc1. The Bertz CT molecular complexity index is 521. The van der Waals surface area contributed by atoms with E-state index in [9.17, 15) is 0 Å². The van der Waals surface area contributed by atoms with Gasteiger partial charge in [0.1, 0.15) is 0 Å². The van der Waals surface area contributed by atoms with Crippen LogP contribution in [0.15, 0.2) is 54.6 Å². The van der Waals surface area contributed by atoms with Crippen LogP contribution in [0, 0.1) is 3.57 Å². The second-order valence-corrected chi connectivity index (χ2v) is 6.58. The van der Waals surface area contributed by atoms with Gasteiger partial charge in [-0.3, -0.25) is 0 Å². The highest BCUT2D eigenvalue weighted by molar-refractivity contribution is 14.1. The summed E-state index contributed by atoms with van der Waals surface area (Å²) in [4.78, 5) is 0. The second kappa shape index (κ2) is 7.23. The minimum atomic E-state index is 0.169. The van der Waals surface area contributed by atoms with Gasteiger partial charge in [0, 0.05) is 15.5 Å². The van der Waals surface area contributed by atoms with Crippen LogP contribution in [0.5, 0.6) is 0 Å². The predicted molar refractivity (Wildman–Crippen MR) is 95.2 cm³/mol. The van der Waals surface area contributed by atoms with Gasteiger partial charge in [0.05, 0.1) is 0 Å². The first kappa shape index (κ1) is 15.5. The molecule has 0 spiro atoms. The van der Waals surface area contributed by atoms with Crippen molar-refractivity contribution < 1.29 is 0 Å². The van der Waals surface area contributed by atoms with Gasteiger partial charge < -0.3 is 5.32 Å². The maximum Gasteiger partial charge on any atom is 0.0130 e. The molecule has 106 valence electrons. The summed E-state index contributed by atoms with van der Waals surface area (Å²) in [5.74, 6) is 0. The number of nitrogens with one attached hydrogen (secondary N) is 1. The molecule has 0 aromatic heterocycles. The van der Waals surface area contributed by atoms with Crippen LogP contribution in [0.3, 0.4) is 0 Å². The molecule has 0 saturated carbocycles. The standard InChI is InChI=1S/C18H22IN/c1-3-18(14-20-2,16-7-5-4-6-8-16)13-15-9-11-17(19)12-10-15/h4-12,20H,3,13-14H2,1-2H3. The van der Waals surface area contributed by atoms with Gasteiger partial charge in [-0.15, -0.1) is 0 Å². The molecule has 1 N–H and O–H groups in total. The smallest absolute Gasteiger partial charge is 0.0130 e. The zero-order valence-electron chi connectivity index (χ0n) is 12.2. The third-order valence-corrected chi connectivity index (χ3v) is 4.75. The predicted octanol–water partition coefficient (Wildman–Crippen LogP) is 4.40. The van der Waals surface area contributed by atoms with Crippen molar-refractivity contribution in [3.8, 4) is 0 Å². The maximum atomic E-state index is 3.39. The summed E-state index contributed by atoms with van der Waals surface area (Å²) < 4.78 is 1.29. The molecule has 0 bridgehead atoms. The van der Waals surface area contributed by atoms with E-state index < -0.39 is 0 Å². The number of hydrogen-bond acceptors (Lipinski definition) is 1. The Morgan fingerprint density at radius 3 is 2.20 bits per heavy atom. The highest BCUT2D eigenvalue weighted by atomic mass is 127. The first-order valence-electron chi connectivity index (χ1n) is 7.15. The first-order chi connectivity index (χ1) is 9.70. The van der Waals surface area contributed by atoms with Gasteiger partial charge in [0.25, 0.3) is 0 Å². The van der Waals surface area contributed by atoms with Gasteiger partial charge in [-0.2, -0.15) is 0 Å². The van der Waals surface area contributed by atoms with Crippen molar-refractivity contribution in [2.75, 3.05) is 13.6 Å². The van der Waals surface area contributed by atoms with Crippen LogP contribution in [-0.4, -0.2) is 13.6 Å². The Hall–Kier alpha value is -0.870. The lowest BCUT2D eigenvalue weighted by Gasteiger charge is -2.34. The largest absolute Gasteiger partial charge is 0.319 e. The lowest BCUT2D eigenvalue weighted by atomic mass is 9.73. The molecule has 2 aromatic carbocycles. The van der Waals surface area contributed by atoms with E-state index >= 15 is 0 Å². The summed E-state index contributed by atoms with van der Waals surface area (Å²) in [6, 6.07) is 19.8. The molecule has 0 amide bonds. The molecule has 0 aliphatic heterocycles. The molecule has 0 heterocycles. The third kappa shape index (κ3) is 3.61. The highest BCUT2D eigenvalue weighted by Gasteiger charge is 2.29. The zero-order valence-corrected chi connectivity index (χ0v) is 14.4. The van der Waals surface area contributed by atoms with Gasteiger partial charge in [0.2, 0.25) is 0 Å². The normalized spacial score (nSPS) is 13.9. The molecule has 0 aliphatic carbocycles. The second-order valence-electron chi connectivity index (χ2n) is 5.33. The topological polar surface area (TPSA) is 12.0 Å². The first-order valence-corrected chi connectivity index (χ1v) is 8.22. The third-order valence-electron chi connectivity index (χ3n) is 4.03. The van der Waals surface area contributed by atoms with Crippen LogP contribution < -0.4 is 5.32 Å². The summed E-state index contributed by atoms with van der Waals surface area (Å²) in [7, 11) is 2.04. The fraction of sp³-hybridized carbons (Fsp3) is 0.333. The fourth-order valence-corrected chi connectivity index (χ4v) is 3.20. The van der Waals surface area contributed by atoms with Gasteiger partial charge in [-0.1, -0.05) is 49.4 Å². The zero-order chi connectivity index (χ0) is 14.4. The van der Waals surface area contributed by atoms with Crippen LogP contribution in [0.2, 0.25) is 0 Å². The lowest BCUT2D eigenvalue weighted by molar-refractivity contribution is 0.391. The summed E-state index contributed by atoms with van der Waals surface area (Å²) in [5.41, 5.74) is 3.00. The van der Waals surface area contributed by atoms with Crippen LogP contribution in [0.25, 0.3) is 0 Å². The van der Waals surface area contributed by atoms with Crippen molar-refractivity contribution in [1.29, 1.82) is 0 Å². The summed E-state index contributed by atoms with van der Waals surface area (Å²) >= 11 is 2.36. The number of hydrogen-bond donors (Lipinski definition) is 1. The molecule has 1 unspecified atom stereocenters. The van der Waals surface area contributed by atoms with Crippen molar-refractivity contribution in [2.45, 2.75) is 25.2 Å². The van der Waals surface area contributed by atoms with E-state index in [0.29, 0.717) is 0 Å². The van der Waals surface area contributed by atoms with Crippen LogP contribution >= 0.6 is 22.6 Å². The quantitative estimate of drug-likeness (QED) is 0.734. The molecule has 0 radical (unpaired) electrons. The molecular formula is C18H22IN. The van der Waals surface area contributed by atoms with Crippen LogP contribution in [-0.2, 0) is 11.8 Å². The van der Waals surface area contributed by atoms with Gasteiger partial charge in [-0.25, -0.2) is 0 Å². The van der Waals surface area contributed by atoms with E-state index in [2.05, 4.69) is 89.4 Å². The number of benzene rings is 2. The number of rotatable bonds is 6. The Morgan fingerprint density at radius 1 is 1.00 bits per heavy atom. The number of halogens is 1. The lowest BCUT2D eigenvalue weighted by Crippen LogP contribution is -2.38. The van der Waals surface area contributed by atoms with E-state index in [0.717, 1.165) is 19.4 Å². The van der Waals surface area contributed by atoms with E-state index in [1.54, 1.807) is 0 Å². The van der Waals surface area contributed by atoms with Crippen LogP contribution in [0.4, 0.5) is 0 Å². The summed E-state index contributed by atoms with van der Waals surface area (Å²) in [5, 5.41) is 3.39. The van der Waals surface area contributed by atoms with Gasteiger partial charge in [0.15, 0.2) is 0 Å². The molecule has 2 rings (SSSR count). The van der Waals surface area contributed by atoms with Crippen molar-refractivity contribution in [3.63, 3.8) is 0 Å². The Balaban J connectivity index is 2.34. The molecule has 2 heteroatoms. The van der Waals surface area contributed by atoms with E-state index in [1.165, 1.54) is 14.7 Å². The van der Waals surface area contributed by atoms with Gasteiger partial charge in [-0.05, 0) is 65.7 Å². The van der Waals surface area contributed by atoms with Crippen molar-refractivity contribution in [2.24, 2.45) is 0 Å². The molecule has 0 fully saturated rings. The molecule has 0 saturated heterocycles. The number of likely N-dealkylation sites (N-methyl/N-ethyl adjacent to an activating group) is 1. The van der Waals surface area contributed by atoms with Crippen molar-refractivity contribution in [3.05, 3.63) is 69.3 Å². The molecule has 1 atom stereocenters. The fourth-order valence-electron chi connectivity index (χ4n) is 2.84. The Kier molecular flexibility index (Phi) is 5.61. The molecule has 2 aromatic rings. The minimum Gasteiger partial charge on any atom is -0.319 e. The average Bonchev–Trinajstić information content (AvgIpc) is 2.50. The Labute approximate surface area is 135 Å². The van der Waals surface area contributed by atoms with E-state index in [-0.39, 0.29) is 5.41 Å². The van der Waals surface area contributed by atoms with Gasteiger partial charge >= 0.3 is 0 Å². The summed E-state index contributed by atoms with van der Waals surface area (Å²) in [6.07, 6.45) is 2.20. The van der Waals surface area contributed by atoms with Crippen molar-refractivity contribution in [1.82, 2.24) is 5.32 Å². The highest BCUT2D eigenvalue weighted by Crippen LogP contribution is 2.31. The molecular weight excluding hydrogens is 357 g/mol. The maximum absolute atomic E-state index is 3.39. The monoisotopic (exact) mass is 379 g/mol. The molecule has 1 nitrogen and oxygen atoms in total. The molecule has 20 heavy (non-hydrogen) atoms. The minimum absolute atomic E-state index is 0.169. The van der Waals surface area contributed by atoms with Crippen molar-refractivity contribution >= 4 is 22.6 Å². The summed E-state index contributed by atoms with van der Waals surface area (Å²) in [6.45, 7) is 3.29.